The first-order chi connectivity index (χ1) is 7.74. The van der Waals surface area contributed by atoms with E-state index < -0.39 is 0 Å². The smallest absolute Gasteiger partial charge is 0.226 e. The van der Waals surface area contributed by atoms with Gasteiger partial charge < -0.3 is 10.6 Å². The molecular weight excluding hydrogens is 200 g/mol. The van der Waals surface area contributed by atoms with Crippen LogP contribution in [-0.4, -0.2) is 29.9 Å². The first-order valence-electron chi connectivity index (χ1n) is 6.78. The van der Waals surface area contributed by atoms with Crippen LogP contribution in [0.4, 0.5) is 0 Å². The van der Waals surface area contributed by atoms with Gasteiger partial charge in [-0.2, -0.15) is 0 Å². The van der Waals surface area contributed by atoms with E-state index in [-0.39, 0.29) is 6.04 Å². The highest BCUT2D eigenvalue weighted by atomic mass is 16.2. The van der Waals surface area contributed by atoms with Gasteiger partial charge in [0.1, 0.15) is 0 Å². The molecule has 1 amide bonds. The highest BCUT2D eigenvalue weighted by Crippen LogP contribution is 2.48. The normalized spacial score (nSPS) is 42.7. The summed E-state index contributed by atoms with van der Waals surface area (Å²) in [5.41, 5.74) is 5.94. The Morgan fingerprint density at radius 2 is 2.06 bits per heavy atom. The highest BCUT2D eigenvalue weighted by molar-refractivity contribution is 5.79. The van der Waals surface area contributed by atoms with Crippen LogP contribution in [0.15, 0.2) is 0 Å². The molecule has 3 unspecified atom stereocenters. The Bertz CT molecular complexity index is 292. The van der Waals surface area contributed by atoms with Gasteiger partial charge in [-0.1, -0.05) is 6.42 Å². The molecule has 16 heavy (non-hydrogen) atoms. The molecule has 0 spiro atoms. The fraction of sp³-hybridized carbons (Fsp3) is 0.923. The lowest BCUT2D eigenvalue weighted by atomic mass is 9.87. The van der Waals surface area contributed by atoms with Crippen LogP contribution in [0.5, 0.6) is 0 Å². The molecule has 90 valence electrons. The number of nitrogens with two attached hydrogens (primary N) is 1. The molecule has 0 aromatic carbocycles. The topological polar surface area (TPSA) is 46.3 Å². The minimum atomic E-state index is 0.219. The van der Waals surface area contributed by atoms with Crippen molar-refractivity contribution in [2.75, 3.05) is 13.1 Å². The molecule has 2 N–H and O–H groups in total. The second kappa shape index (κ2) is 4.02. The Morgan fingerprint density at radius 1 is 1.19 bits per heavy atom. The van der Waals surface area contributed by atoms with Gasteiger partial charge in [-0.25, -0.2) is 0 Å². The Morgan fingerprint density at radius 3 is 2.69 bits per heavy atom. The maximum atomic E-state index is 12.4. The maximum Gasteiger partial charge on any atom is 0.226 e. The van der Waals surface area contributed by atoms with Crippen molar-refractivity contribution in [2.24, 2.45) is 23.5 Å². The summed E-state index contributed by atoms with van der Waals surface area (Å²) in [7, 11) is 0. The molecule has 3 nitrogen and oxygen atoms in total. The lowest BCUT2D eigenvalue weighted by Crippen LogP contribution is -2.48. The first kappa shape index (κ1) is 10.6. The van der Waals surface area contributed by atoms with E-state index >= 15 is 0 Å². The van der Waals surface area contributed by atoms with Gasteiger partial charge in [0.15, 0.2) is 0 Å². The van der Waals surface area contributed by atoms with E-state index in [1.54, 1.807) is 0 Å². The molecule has 0 aromatic rings. The number of amides is 1. The number of carbonyl (C=O) groups excluding carboxylic acids is 1. The Labute approximate surface area is 97.4 Å². The quantitative estimate of drug-likeness (QED) is 0.728. The van der Waals surface area contributed by atoms with Crippen molar-refractivity contribution < 1.29 is 4.79 Å². The predicted molar refractivity (Wildman–Crippen MR) is 62.7 cm³/mol. The molecule has 1 aliphatic heterocycles. The lowest BCUT2D eigenvalue weighted by Gasteiger charge is -2.34. The summed E-state index contributed by atoms with van der Waals surface area (Å²) >= 11 is 0. The zero-order valence-electron chi connectivity index (χ0n) is 9.90. The van der Waals surface area contributed by atoms with Crippen LogP contribution in [0.25, 0.3) is 0 Å². The number of rotatable bonds is 1. The average molecular weight is 222 g/mol. The van der Waals surface area contributed by atoms with Gasteiger partial charge in [-0.3, -0.25) is 4.79 Å². The van der Waals surface area contributed by atoms with E-state index in [2.05, 4.69) is 0 Å². The molecule has 1 saturated heterocycles. The monoisotopic (exact) mass is 222 g/mol. The number of fused-ring (bicyclic) bond motifs is 2. The molecule has 2 saturated carbocycles. The van der Waals surface area contributed by atoms with Crippen molar-refractivity contribution in [3.05, 3.63) is 0 Å². The van der Waals surface area contributed by atoms with Crippen molar-refractivity contribution in [1.82, 2.24) is 4.90 Å². The molecule has 3 fully saturated rings. The second-order valence-corrected chi connectivity index (χ2v) is 5.97. The molecule has 3 heteroatoms. The summed E-state index contributed by atoms with van der Waals surface area (Å²) in [5.74, 6) is 2.33. The third-order valence-electron chi connectivity index (χ3n) is 4.82. The SMILES string of the molecule is N[C@H]1CCCN(C(=O)C2CC3CCC2C3)C1. The van der Waals surface area contributed by atoms with E-state index in [4.69, 9.17) is 5.73 Å². The van der Waals surface area contributed by atoms with Gasteiger partial charge in [-0.15, -0.1) is 0 Å². The zero-order valence-corrected chi connectivity index (χ0v) is 9.90. The van der Waals surface area contributed by atoms with Crippen molar-refractivity contribution >= 4 is 5.91 Å². The first-order valence-corrected chi connectivity index (χ1v) is 6.78. The van der Waals surface area contributed by atoms with E-state index in [0.29, 0.717) is 17.7 Å². The Balaban J connectivity index is 1.64. The number of piperidine rings is 1. The summed E-state index contributed by atoms with van der Waals surface area (Å²) in [6.45, 7) is 1.74. The molecule has 0 radical (unpaired) electrons. The minimum absolute atomic E-state index is 0.219. The minimum Gasteiger partial charge on any atom is -0.341 e. The van der Waals surface area contributed by atoms with Gasteiger partial charge in [0.2, 0.25) is 5.91 Å². The third kappa shape index (κ3) is 1.75. The Hall–Kier alpha value is -0.570. The number of hydrogen-bond acceptors (Lipinski definition) is 2. The second-order valence-electron chi connectivity index (χ2n) is 5.97. The molecule has 2 bridgehead atoms. The van der Waals surface area contributed by atoms with Crippen molar-refractivity contribution in [3.63, 3.8) is 0 Å². The number of nitrogens with zero attached hydrogens (tertiary/aromatic N) is 1. The van der Waals surface area contributed by atoms with Gasteiger partial charge in [0.05, 0.1) is 0 Å². The van der Waals surface area contributed by atoms with Crippen molar-refractivity contribution in [3.8, 4) is 0 Å². The average Bonchev–Trinajstić information content (AvgIpc) is 2.89. The van der Waals surface area contributed by atoms with Crippen LogP contribution < -0.4 is 5.73 Å². The maximum absolute atomic E-state index is 12.4. The summed E-state index contributed by atoms with van der Waals surface area (Å²) in [6, 6.07) is 0.219. The van der Waals surface area contributed by atoms with Crippen LogP contribution >= 0.6 is 0 Å². The van der Waals surface area contributed by atoms with Crippen molar-refractivity contribution in [2.45, 2.75) is 44.6 Å². The highest BCUT2D eigenvalue weighted by Gasteiger charge is 2.44. The van der Waals surface area contributed by atoms with Crippen molar-refractivity contribution in [1.29, 1.82) is 0 Å². The van der Waals surface area contributed by atoms with E-state index in [9.17, 15) is 4.79 Å². The number of carbonyl (C=O) groups is 1. The lowest BCUT2D eigenvalue weighted by molar-refractivity contribution is -0.138. The van der Waals surface area contributed by atoms with Gasteiger partial charge in [0, 0.05) is 25.0 Å². The fourth-order valence-corrected chi connectivity index (χ4v) is 3.99. The van der Waals surface area contributed by atoms with E-state index in [1.807, 2.05) is 4.90 Å². The summed E-state index contributed by atoms with van der Waals surface area (Å²) in [6.07, 6.45) is 7.31. The third-order valence-corrected chi connectivity index (χ3v) is 4.82. The van der Waals surface area contributed by atoms with Crippen LogP contribution in [0.3, 0.4) is 0 Å². The molecule has 4 atom stereocenters. The zero-order chi connectivity index (χ0) is 11.1. The predicted octanol–water partition coefficient (Wildman–Crippen LogP) is 1.37. The molecule has 3 rings (SSSR count). The molecule has 0 aromatic heterocycles. The Kier molecular flexibility index (Phi) is 2.66. The molecular formula is C13H22N2O. The van der Waals surface area contributed by atoms with Crippen LogP contribution in [0.2, 0.25) is 0 Å². The summed E-state index contributed by atoms with van der Waals surface area (Å²) < 4.78 is 0. The molecule has 1 heterocycles. The molecule has 3 aliphatic rings. The standard InChI is InChI=1S/C13H22N2O/c14-11-2-1-5-15(8-11)13(16)12-7-9-3-4-10(12)6-9/h9-12H,1-8,14H2/t9?,10?,11-,12?/m0/s1. The number of hydrogen-bond donors (Lipinski definition) is 1. The fourth-order valence-electron chi connectivity index (χ4n) is 3.99. The largest absolute Gasteiger partial charge is 0.341 e. The van der Waals surface area contributed by atoms with Crippen LogP contribution in [-0.2, 0) is 4.79 Å². The number of likely N-dealkylation sites (tertiary alicyclic amines) is 1. The van der Waals surface area contributed by atoms with Crippen LogP contribution in [0.1, 0.15) is 38.5 Å². The summed E-state index contributed by atoms with van der Waals surface area (Å²) in [5, 5.41) is 0. The molecule has 2 aliphatic carbocycles. The summed E-state index contributed by atoms with van der Waals surface area (Å²) in [4.78, 5) is 14.4. The van der Waals surface area contributed by atoms with Gasteiger partial charge in [-0.05, 0) is 43.9 Å². The van der Waals surface area contributed by atoms with Gasteiger partial charge in [0.25, 0.3) is 0 Å². The van der Waals surface area contributed by atoms with Crippen LogP contribution in [0, 0.1) is 17.8 Å². The van der Waals surface area contributed by atoms with E-state index in [1.165, 1.54) is 19.3 Å². The van der Waals surface area contributed by atoms with E-state index in [0.717, 1.165) is 38.3 Å². The van der Waals surface area contributed by atoms with Gasteiger partial charge >= 0.3 is 0 Å².